The van der Waals surface area contributed by atoms with E-state index in [-0.39, 0.29) is 0 Å². The Morgan fingerprint density at radius 3 is 2.83 bits per heavy atom. The fraction of sp³-hybridized carbons (Fsp3) is 0.385. The fourth-order valence-corrected chi connectivity index (χ4v) is 1.99. The zero-order chi connectivity index (χ0) is 13.4. The van der Waals surface area contributed by atoms with Crippen molar-refractivity contribution in [1.82, 2.24) is 14.8 Å². The largest absolute Gasteiger partial charge is 0.389 e. The highest BCUT2D eigenvalue weighted by molar-refractivity contribution is 6.31. The summed E-state index contributed by atoms with van der Waals surface area (Å²) in [6.07, 6.45) is 1.36. The van der Waals surface area contributed by atoms with Crippen LogP contribution in [0.1, 0.15) is 25.1 Å². The molecule has 18 heavy (non-hydrogen) atoms. The molecule has 0 aliphatic carbocycles. The van der Waals surface area contributed by atoms with Crippen LogP contribution in [0, 0.1) is 6.92 Å². The quantitative estimate of drug-likeness (QED) is 0.850. The molecule has 2 heterocycles. The molecule has 0 saturated heterocycles. The number of aromatic nitrogens is 3. The average Bonchev–Trinajstić information content (AvgIpc) is 2.55. The second-order valence-corrected chi connectivity index (χ2v) is 4.87. The molecule has 2 rings (SSSR count). The van der Waals surface area contributed by atoms with Crippen molar-refractivity contribution in [2.24, 2.45) is 7.05 Å². The third-order valence-electron chi connectivity index (χ3n) is 3.02. The number of hydrogen-bond acceptors (Lipinski definition) is 3. The highest BCUT2D eigenvalue weighted by Crippen LogP contribution is 2.24. The summed E-state index contributed by atoms with van der Waals surface area (Å²) in [4.78, 5) is 4.35. The van der Waals surface area contributed by atoms with Gasteiger partial charge in [-0.05, 0) is 32.4 Å². The number of rotatable bonds is 2. The first-order valence-electron chi connectivity index (χ1n) is 5.76. The topological polar surface area (TPSA) is 50.9 Å². The minimum atomic E-state index is -0.494. The smallest absolute Gasteiger partial charge is 0.159 e. The third kappa shape index (κ3) is 2.26. The Kier molecular flexibility index (Phi) is 3.41. The lowest BCUT2D eigenvalue weighted by atomic mass is 10.1. The highest BCUT2D eigenvalue weighted by atomic mass is 35.5. The molecule has 0 aliphatic heterocycles. The molecule has 0 saturated carbocycles. The van der Waals surface area contributed by atoms with Gasteiger partial charge in [0.05, 0.1) is 11.8 Å². The molecule has 0 aliphatic rings. The first-order valence-corrected chi connectivity index (χ1v) is 6.14. The molecule has 2 aromatic rings. The second-order valence-electron chi connectivity index (χ2n) is 4.51. The number of fused-ring (bicyclic) bond motifs is 1. The van der Waals surface area contributed by atoms with Gasteiger partial charge in [-0.1, -0.05) is 17.7 Å². The second kappa shape index (κ2) is 4.71. The molecule has 1 atom stereocenters. The van der Waals surface area contributed by atoms with Crippen molar-refractivity contribution in [2.75, 3.05) is 0 Å². The Morgan fingerprint density at radius 2 is 2.22 bits per heavy atom. The van der Waals surface area contributed by atoms with Gasteiger partial charge < -0.3 is 5.11 Å². The Labute approximate surface area is 111 Å². The van der Waals surface area contributed by atoms with Gasteiger partial charge in [-0.2, -0.15) is 5.10 Å². The van der Waals surface area contributed by atoms with Crippen LogP contribution in [0.15, 0.2) is 11.6 Å². The normalized spacial score (nSPS) is 14.2. The van der Waals surface area contributed by atoms with Gasteiger partial charge in [0, 0.05) is 18.0 Å². The van der Waals surface area contributed by atoms with E-state index in [2.05, 4.69) is 10.1 Å². The standard InChI is InChI=1S/C13H16ClN3O/c1-7(9(3)18)5-10-6-11-8(2)16-17(4)13(11)15-12(10)14/h5-6,9,18H,1-4H3/b7-5+. The van der Waals surface area contributed by atoms with Crippen LogP contribution < -0.4 is 0 Å². The molecular formula is C13H16ClN3O. The number of aryl methyl sites for hydroxylation is 2. The van der Waals surface area contributed by atoms with Gasteiger partial charge >= 0.3 is 0 Å². The molecule has 0 bridgehead atoms. The lowest BCUT2D eigenvalue weighted by molar-refractivity contribution is 0.232. The number of halogens is 1. The molecule has 2 aromatic heterocycles. The number of nitrogens with zero attached hydrogens (tertiary/aromatic N) is 3. The van der Waals surface area contributed by atoms with E-state index >= 15 is 0 Å². The number of hydrogen-bond donors (Lipinski definition) is 1. The summed E-state index contributed by atoms with van der Waals surface area (Å²) in [5, 5.41) is 15.2. The Balaban J connectivity index is 2.63. The summed E-state index contributed by atoms with van der Waals surface area (Å²) in [7, 11) is 1.84. The van der Waals surface area contributed by atoms with E-state index in [1.807, 2.05) is 33.0 Å². The van der Waals surface area contributed by atoms with Crippen molar-refractivity contribution in [3.8, 4) is 0 Å². The minimum Gasteiger partial charge on any atom is -0.389 e. The molecule has 96 valence electrons. The van der Waals surface area contributed by atoms with Crippen LogP contribution in [0.2, 0.25) is 5.15 Å². The fourth-order valence-electron chi connectivity index (χ4n) is 1.80. The first-order chi connectivity index (χ1) is 8.40. The molecule has 0 radical (unpaired) electrons. The Bertz CT molecular complexity index is 629. The molecule has 1 unspecified atom stereocenters. The lowest BCUT2D eigenvalue weighted by Gasteiger charge is -2.05. The molecule has 0 fully saturated rings. The molecule has 5 heteroatoms. The van der Waals surface area contributed by atoms with Crippen LogP contribution in [0.3, 0.4) is 0 Å². The monoisotopic (exact) mass is 265 g/mol. The van der Waals surface area contributed by atoms with Crippen LogP contribution in [0.4, 0.5) is 0 Å². The molecule has 0 aromatic carbocycles. The first kappa shape index (κ1) is 13.1. The summed E-state index contributed by atoms with van der Waals surface area (Å²) in [6.45, 7) is 5.52. The maximum atomic E-state index is 9.50. The van der Waals surface area contributed by atoms with E-state index in [9.17, 15) is 5.11 Å². The predicted molar refractivity (Wildman–Crippen MR) is 73.6 cm³/mol. The maximum absolute atomic E-state index is 9.50. The van der Waals surface area contributed by atoms with Crippen LogP contribution in [0.5, 0.6) is 0 Å². The lowest BCUT2D eigenvalue weighted by Crippen LogP contribution is -2.00. The summed E-state index contributed by atoms with van der Waals surface area (Å²) in [5.74, 6) is 0. The Morgan fingerprint density at radius 1 is 1.56 bits per heavy atom. The van der Waals surface area contributed by atoms with Crippen LogP contribution in [0.25, 0.3) is 17.1 Å². The van der Waals surface area contributed by atoms with Crippen molar-refractivity contribution in [1.29, 1.82) is 0 Å². The zero-order valence-corrected chi connectivity index (χ0v) is 11.7. The highest BCUT2D eigenvalue weighted by Gasteiger charge is 2.10. The summed E-state index contributed by atoms with van der Waals surface area (Å²) in [6, 6.07) is 1.96. The average molecular weight is 266 g/mol. The van der Waals surface area contributed by atoms with Crippen LogP contribution in [-0.4, -0.2) is 26.0 Å². The Hall–Kier alpha value is -1.39. The van der Waals surface area contributed by atoms with Crippen molar-refractivity contribution in [2.45, 2.75) is 26.9 Å². The van der Waals surface area contributed by atoms with Gasteiger partial charge in [-0.25, -0.2) is 4.98 Å². The molecule has 0 spiro atoms. The zero-order valence-electron chi connectivity index (χ0n) is 10.9. The molecular weight excluding hydrogens is 250 g/mol. The van der Waals surface area contributed by atoms with E-state index in [1.165, 1.54) is 0 Å². The molecule has 0 amide bonds. The van der Waals surface area contributed by atoms with E-state index in [0.29, 0.717) is 5.15 Å². The number of aliphatic hydroxyl groups excluding tert-OH is 1. The van der Waals surface area contributed by atoms with Crippen molar-refractivity contribution in [3.63, 3.8) is 0 Å². The van der Waals surface area contributed by atoms with Crippen LogP contribution in [-0.2, 0) is 7.05 Å². The minimum absolute atomic E-state index is 0.422. The van der Waals surface area contributed by atoms with E-state index in [1.54, 1.807) is 11.6 Å². The van der Waals surface area contributed by atoms with E-state index in [4.69, 9.17) is 11.6 Å². The van der Waals surface area contributed by atoms with Gasteiger partial charge in [-0.15, -0.1) is 0 Å². The summed E-state index contributed by atoms with van der Waals surface area (Å²) >= 11 is 6.15. The van der Waals surface area contributed by atoms with Crippen molar-refractivity contribution < 1.29 is 5.11 Å². The predicted octanol–water partition coefficient (Wildman–Crippen LogP) is 2.71. The number of pyridine rings is 1. The van der Waals surface area contributed by atoms with Gasteiger partial charge in [0.25, 0.3) is 0 Å². The molecule has 1 N–H and O–H groups in total. The van der Waals surface area contributed by atoms with E-state index in [0.717, 1.165) is 27.9 Å². The maximum Gasteiger partial charge on any atom is 0.159 e. The SMILES string of the molecule is C/C(=C\c1cc2c(C)nn(C)c2nc1Cl)C(C)O. The van der Waals surface area contributed by atoms with Gasteiger partial charge in [0.1, 0.15) is 5.15 Å². The summed E-state index contributed by atoms with van der Waals surface area (Å²) in [5.41, 5.74) is 3.34. The van der Waals surface area contributed by atoms with Gasteiger partial charge in [0.2, 0.25) is 0 Å². The molecule has 4 nitrogen and oxygen atoms in total. The van der Waals surface area contributed by atoms with Crippen molar-refractivity contribution in [3.05, 3.63) is 28.0 Å². The van der Waals surface area contributed by atoms with Crippen molar-refractivity contribution >= 4 is 28.7 Å². The van der Waals surface area contributed by atoms with Crippen LogP contribution >= 0.6 is 11.6 Å². The number of aliphatic hydroxyl groups is 1. The van der Waals surface area contributed by atoms with Gasteiger partial charge in [0.15, 0.2) is 5.65 Å². The summed E-state index contributed by atoms with van der Waals surface area (Å²) < 4.78 is 1.71. The van der Waals surface area contributed by atoms with Gasteiger partial charge in [-0.3, -0.25) is 4.68 Å². The van der Waals surface area contributed by atoms with E-state index < -0.39 is 6.10 Å². The third-order valence-corrected chi connectivity index (χ3v) is 3.32.